The number of allylic oxidation sites excluding steroid dienone is 2. The van der Waals surface area contributed by atoms with Gasteiger partial charge in [0.15, 0.2) is 0 Å². The molecule has 0 aromatic heterocycles. The van der Waals surface area contributed by atoms with Gasteiger partial charge in [0.2, 0.25) is 0 Å². The van der Waals surface area contributed by atoms with Crippen LogP contribution in [0.3, 0.4) is 0 Å². The molecule has 1 aliphatic rings. The van der Waals surface area contributed by atoms with Gasteiger partial charge in [-0.1, -0.05) is 31.2 Å². The number of halogens is 3. The van der Waals surface area contributed by atoms with Crippen molar-refractivity contribution >= 4 is 11.8 Å². The summed E-state index contributed by atoms with van der Waals surface area (Å²) in [5.74, 6) is 0. The Morgan fingerprint density at radius 3 is 2.67 bits per heavy atom. The molecule has 1 atom stereocenters. The van der Waals surface area contributed by atoms with E-state index in [2.05, 4.69) is 19.1 Å². The smallest absolute Gasteiger partial charge is 0.160 e. The highest BCUT2D eigenvalue weighted by atomic mass is 32.2. The molecule has 0 N–H and O–H groups in total. The first kappa shape index (κ1) is 13.5. The van der Waals surface area contributed by atoms with Crippen molar-refractivity contribution in [3.8, 4) is 0 Å². The molecule has 0 aliphatic heterocycles. The van der Waals surface area contributed by atoms with Crippen LogP contribution in [0.1, 0.15) is 31.7 Å². The van der Waals surface area contributed by atoms with E-state index in [1.807, 2.05) is 6.07 Å². The van der Waals surface area contributed by atoms with Crippen LogP contribution in [0.15, 0.2) is 41.3 Å². The minimum absolute atomic E-state index is 0.0465. The zero-order valence-electron chi connectivity index (χ0n) is 10.1. The van der Waals surface area contributed by atoms with Crippen LogP contribution < -0.4 is 0 Å². The number of rotatable bonds is 2. The summed E-state index contributed by atoms with van der Waals surface area (Å²) in [5, 5.41) is 0. The summed E-state index contributed by atoms with van der Waals surface area (Å²) in [6.07, 6.45) is 7.38. The Labute approximate surface area is 109 Å². The van der Waals surface area contributed by atoms with Crippen molar-refractivity contribution in [1.29, 1.82) is 0 Å². The second kappa shape index (κ2) is 5.00. The minimum atomic E-state index is -4.22. The lowest BCUT2D eigenvalue weighted by Gasteiger charge is -2.30. The first-order valence-corrected chi connectivity index (χ1v) is 6.75. The maximum atomic E-state index is 12.4. The standard InChI is InChI=1S/C14H15F3S/c1-13(8-3-2-4-9-13)11-6-5-7-12(10-11)18-14(15,16)17/h3,5-8,10H,2,4,9H2,1H3/t13-/m0/s1. The minimum Gasteiger partial charge on any atom is -0.160 e. The van der Waals surface area contributed by atoms with E-state index in [1.54, 1.807) is 12.1 Å². The first-order chi connectivity index (χ1) is 8.39. The second-order valence-corrected chi connectivity index (χ2v) is 5.93. The number of hydrogen-bond donors (Lipinski definition) is 0. The summed E-state index contributed by atoms with van der Waals surface area (Å²) >= 11 is -0.0465. The predicted molar refractivity (Wildman–Crippen MR) is 68.7 cm³/mol. The Kier molecular flexibility index (Phi) is 3.76. The van der Waals surface area contributed by atoms with Crippen LogP contribution in [0, 0.1) is 0 Å². The van der Waals surface area contributed by atoms with Gasteiger partial charge in [0.05, 0.1) is 0 Å². The summed E-state index contributed by atoms with van der Waals surface area (Å²) in [6.45, 7) is 2.08. The van der Waals surface area contributed by atoms with Crippen molar-refractivity contribution in [3.63, 3.8) is 0 Å². The third kappa shape index (κ3) is 3.31. The van der Waals surface area contributed by atoms with E-state index >= 15 is 0 Å². The van der Waals surface area contributed by atoms with E-state index in [1.165, 1.54) is 6.07 Å². The zero-order valence-corrected chi connectivity index (χ0v) is 10.9. The Morgan fingerprint density at radius 2 is 2.06 bits per heavy atom. The van der Waals surface area contributed by atoms with Crippen molar-refractivity contribution in [2.75, 3.05) is 0 Å². The fraction of sp³-hybridized carbons (Fsp3) is 0.429. The molecule has 0 nitrogen and oxygen atoms in total. The molecule has 2 rings (SSSR count). The molecule has 1 aliphatic carbocycles. The Bertz CT molecular complexity index is 451. The van der Waals surface area contributed by atoms with Crippen LogP contribution in [0.25, 0.3) is 0 Å². The van der Waals surface area contributed by atoms with Gasteiger partial charge in [-0.15, -0.1) is 0 Å². The van der Waals surface area contributed by atoms with E-state index in [9.17, 15) is 13.2 Å². The van der Waals surface area contributed by atoms with Crippen LogP contribution in [0.2, 0.25) is 0 Å². The topological polar surface area (TPSA) is 0 Å². The van der Waals surface area contributed by atoms with E-state index < -0.39 is 5.51 Å². The van der Waals surface area contributed by atoms with Gasteiger partial charge in [-0.3, -0.25) is 0 Å². The zero-order chi connectivity index (χ0) is 13.2. The lowest BCUT2D eigenvalue weighted by Crippen LogP contribution is -2.21. The lowest BCUT2D eigenvalue weighted by molar-refractivity contribution is -0.0328. The maximum Gasteiger partial charge on any atom is 0.446 e. The van der Waals surface area contributed by atoms with E-state index in [0.29, 0.717) is 0 Å². The first-order valence-electron chi connectivity index (χ1n) is 5.93. The largest absolute Gasteiger partial charge is 0.446 e. The third-order valence-corrected chi connectivity index (χ3v) is 4.00. The van der Waals surface area contributed by atoms with Gasteiger partial charge in [0.1, 0.15) is 0 Å². The summed E-state index contributed by atoms with van der Waals surface area (Å²) in [6, 6.07) is 6.79. The normalized spacial score (nSPS) is 24.2. The number of hydrogen-bond acceptors (Lipinski definition) is 1. The molecule has 0 radical (unpaired) electrons. The van der Waals surface area contributed by atoms with Gasteiger partial charge in [0.25, 0.3) is 0 Å². The van der Waals surface area contributed by atoms with Crippen molar-refractivity contribution in [2.24, 2.45) is 0 Å². The Hall–Kier alpha value is -0.900. The van der Waals surface area contributed by atoms with Crippen LogP contribution in [-0.2, 0) is 5.41 Å². The monoisotopic (exact) mass is 272 g/mol. The van der Waals surface area contributed by atoms with Crippen LogP contribution in [0.5, 0.6) is 0 Å². The Morgan fingerprint density at radius 1 is 1.28 bits per heavy atom. The molecule has 0 fully saturated rings. The van der Waals surface area contributed by atoms with Crippen molar-refractivity contribution in [3.05, 3.63) is 42.0 Å². The number of benzene rings is 1. The third-order valence-electron chi connectivity index (χ3n) is 3.28. The molecule has 1 aromatic rings. The van der Waals surface area contributed by atoms with Gasteiger partial charge in [-0.25, -0.2) is 0 Å². The molecule has 0 saturated heterocycles. The maximum absolute atomic E-state index is 12.4. The van der Waals surface area contributed by atoms with E-state index in [0.717, 1.165) is 24.8 Å². The summed E-state index contributed by atoms with van der Waals surface area (Å²) in [5.41, 5.74) is -3.38. The molecule has 0 heterocycles. The van der Waals surface area contributed by atoms with Crippen LogP contribution >= 0.6 is 11.8 Å². The molecule has 0 amide bonds. The highest BCUT2D eigenvalue weighted by Gasteiger charge is 2.30. The van der Waals surface area contributed by atoms with Crippen LogP contribution in [-0.4, -0.2) is 5.51 Å². The van der Waals surface area contributed by atoms with Gasteiger partial charge in [0, 0.05) is 10.3 Å². The van der Waals surface area contributed by atoms with Gasteiger partial charge < -0.3 is 0 Å². The quantitative estimate of drug-likeness (QED) is 0.520. The number of alkyl halides is 3. The molecule has 0 bridgehead atoms. The molecule has 1 aromatic carbocycles. The molecule has 0 unspecified atom stereocenters. The van der Waals surface area contributed by atoms with E-state index in [4.69, 9.17) is 0 Å². The highest BCUT2D eigenvalue weighted by Crippen LogP contribution is 2.40. The molecule has 4 heteroatoms. The molecular weight excluding hydrogens is 257 g/mol. The summed E-state index contributed by atoms with van der Waals surface area (Å²) < 4.78 is 37.1. The molecular formula is C14H15F3S. The van der Waals surface area contributed by atoms with Crippen molar-refractivity contribution < 1.29 is 13.2 Å². The van der Waals surface area contributed by atoms with Gasteiger partial charge in [-0.2, -0.15) is 13.2 Å². The molecule has 0 spiro atoms. The molecule has 18 heavy (non-hydrogen) atoms. The summed E-state index contributed by atoms with van der Waals surface area (Å²) in [4.78, 5) is 0.264. The van der Waals surface area contributed by atoms with Gasteiger partial charge in [-0.05, 0) is 48.7 Å². The Balaban J connectivity index is 2.27. The average Bonchev–Trinajstić information content (AvgIpc) is 2.28. The SMILES string of the molecule is C[C@]1(c2cccc(SC(F)(F)F)c2)C=CCCC1. The van der Waals surface area contributed by atoms with Crippen molar-refractivity contribution in [1.82, 2.24) is 0 Å². The summed E-state index contributed by atoms with van der Waals surface area (Å²) in [7, 11) is 0. The van der Waals surface area contributed by atoms with Crippen LogP contribution in [0.4, 0.5) is 13.2 Å². The number of thioether (sulfide) groups is 1. The van der Waals surface area contributed by atoms with E-state index in [-0.39, 0.29) is 22.1 Å². The fourth-order valence-electron chi connectivity index (χ4n) is 2.30. The fourth-order valence-corrected chi connectivity index (χ4v) is 2.90. The van der Waals surface area contributed by atoms with Gasteiger partial charge >= 0.3 is 5.51 Å². The average molecular weight is 272 g/mol. The van der Waals surface area contributed by atoms with Crippen molar-refractivity contribution in [2.45, 2.75) is 42.0 Å². The predicted octanol–water partition coefficient (Wildman–Crippen LogP) is 5.30. The lowest BCUT2D eigenvalue weighted by atomic mass is 9.75. The highest BCUT2D eigenvalue weighted by molar-refractivity contribution is 8.00. The molecule has 0 saturated carbocycles. The molecule has 98 valence electrons. The second-order valence-electron chi connectivity index (χ2n) is 4.79.